The second kappa shape index (κ2) is 6.01. The monoisotopic (exact) mass is 307 g/mol. The van der Waals surface area contributed by atoms with E-state index >= 15 is 0 Å². The van der Waals surface area contributed by atoms with Crippen LogP contribution in [0.2, 0.25) is 5.02 Å². The Morgan fingerprint density at radius 3 is 2.57 bits per heavy atom. The minimum absolute atomic E-state index is 0.0955. The Balaban J connectivity index is 2.09. The SMILES string of the molecule is Cc1ccc(Cl)cc1C(=O)NCc1cc(C(=O)O)c(C)o1. The maximum absolute atomic E-state index is 12.1. The summed E-state index contributed by atoms with van der Waals surface area (Å²) in [6.07, 6.45) is 0. The first-order chi connectivity index (χ1) is 9.88. The van der Waals surface area contributed by atoms with E-state index in [1.54, 1.807) is 25.1 Å². The number of carboxylic acid groups (broad SMARTS) is 1. The predicted octanol–water partition coefficient (Wildman–Crippen LogP) is 3.18. The fourth-order valence-corrected chi connectivity index (χ4v) is 2.12. The van der Waals surface area contributed by atoms with Crippen LogP contribution in [0.15, 0.2) is 28.7 Å². The lowest BCUT2D eigenvalue weighted by molar-refractivity contribution is 0.0694. The van der Waals surface area contributed by atoms with Crippen molar-refractivity contribution in [1.82, 2.24) is 5.32 Å². The summed E-state index contributed by atoms with van der Waals surface area (Å²) in [5.74, 6) is -0.649. The van der Waals surface area contributed by atoms with Crippen LogP contribution in [0.4, 0.5) is 0 Å². The number of carboxylic acids is 1. The molecule has 0 aliphatic rings. The van der Waals surface area contributed by atoms with Crippen LogP contribution in [-0.2, 0) is 6.54 Å². The summed E-state index contributed by atoms with van der Waals surface area (Å²) in [7, 11) is 0. The standard InChI is InChI=1S/C15H14ClNO4/c1-8-3-4-10(16)5-12(8)14(18)17-7-11-6-13(15(19)20)9(2)21-11/h3-6H,7H2,1-2H3,(H,17,18)(H,19,20). The highest BCUT2D eigenvalue weighted by molar-refractivity contribution is 6.31. The van der Waals surface area contributed by atoms with Crippen LogP contribution in [0.5, 0.6) is 0 Å². The van der Waals surface area contributed by atoms with Gasteiger partial charge in [0.25, 0.3) is 5.91 Å². The molecule has 21 heavy (non-hydrogen) atoms. The Hall–Kier alpha value is -2.27. The van der Waals surface area contributed by atoms with Crippen LogP contribution in [-0.4, -0.2) is 17.0 Å². The number of carbonyl (C=O) groups is 2. The normalized spacial score (nSPS) is 10.4. The van der Waals surface area contributed by atoms with Crippen molar-refractivity contribution in [1.29, 1.82) is 0 Å². The van der Waals surface area contributed by atoms with Crippen molar-refractivity contribution >= 4 is 23.5 Å². The topological polar surface area (TPSA) is 79.5 Å². The highest BCUT2D eigenvalue weighted by atomic mass is 35.5. The Bertz CT molecular complexity index is 706. The molecule has 0 bridgehead atoms. The zero-order valence-corrected chi connectivity index (χ0v) is 12.3. The fraction of sp³-hybridized carbons (Fsp3) is 0.200. The lowest BCUT2D eigenvalue weighted by atomic mass is 10.1. The second-order valence-electron chi connectivity index (χ2n) is 4.63. The van der Waals surface area contributed by atoms with Gasteiger partial charge in [-0.05, 0) is 37.6 Å². The van der Waals surface area contributed by atoms with Crippen molar-refractivity contribution in [2.75, 3.05) is 0 Å². The molecule has 0 saturated heterocycles. The van der Waals surface area contributed by atoms with Crippen molar-refractivity contribution < 1.29 is 19.1 Å². The van der Waals surface area contributed by atoms with Crippen LogP contribution in [0.25, 0.3) is 0 Å². The number of benzene rings is 1. The summed E-state index contributed by atoms with van der Waals surface area (Å²) in [4.78, 5) is 23.0. The number of halogens is 1. The number of aryl methyl sites for hydroxylation is 2. The Labute approximate surface area is 126 Å². The van der Waals surface area contributed by atoms with Crippen LogP contribution >= 0.6 is 11.6 Å². The van der Waals surface area contributed by atoms with Gasteiger partial charge in [0.15, 0.2) is 0 Å². The first-order valence-electron chi connectivity index (χ1n) is 6.25. The second-order valence-corrected chi connectivity index (χ2v) is 5.07. The number of amides is 1. The fourth-order valence-electron chi connectivity index (χ4n) is 1.94. The van der Waals surface area contributed by atoms with Gasteiger partial charge in [-0.2, -0.15) is 0 Å². The molecule has 2 N–H and O–H groups in total. The van der Waals surface area contributed by atoms with E-state index < -0.39 is 5.97 Å². The first kappa shape index (κ1) is 15.1. The van der Waals surface area contributed by atoms with E-state index in [4.69, 9.17) is 21.1 Å². The number of furan rings is 1. The molecule has 2 rings (SSSR count). The van der Waals surface area contributed by atoms with E-state index in [1.165, 1.54) is 6.07 Å². The third-order valence-corrected chi connectivity index (χ3v) is 3.30. The number of rotatable bonds is 4. The molecule has 0 saturated carbocycles. The average Bonchev–Trinajstić information content (AvgIpc) is 2.80. The van der Waals surface area contributed by atoms with Gasteiger partial charge in [0.05, 0.1) is 6.54 Å². The van der Waals surface area contributed by atoms with Crippen molar-refractivity contribution in [2.24, 2.45) is 0 Å². The van der Waals surface area contributed by atoms with Crippen molar-refractivity contribution in [3.63, 3.8) is 0 Å². The number of carbonyl (C=O) groups excluding carboxylic acids is 1. The maximum atomic E-state index is 12.1. The quantitative estimate of drug-likeness (QED) is 0.909. The number of hydrogen-bond donors (Lipinski definition) is 2. The first-order valence-corrected chi connectivity index (χ1v) is 6.63. The molecule has 0 aliphatic carbocycles. The number of aromatic carboxylic acids is 1. The van der Waals surface area contributed by atoms with Crippen molar-refractivity contribution in [3.05, 3.63) is 57.5 Å². The zero-order chi connectivity index (χ0) is 15.6. The molecular weight excluding hydrogens is 294 g/mol. The largest absolute Gasteiger partial charge is 0.478 e. The predicted molar refractivity (Wildman–Crippen MR) is 77.8 cm³/mol. The maximum Gasteiger partial charge on any atom is 0.339 e. The molecule has 1 aromatic carbocycles. The summed E-state index contributed by atoms with van der Waals surface area (Å²) < 4.78 is 5.29. The Kier molecular flexibility index (Phi) is 4.33. The summed E-state index contributed by atoms with van der Waals surface area (Å²) in [6, 6.07) is 6.46. The molecule has 1 aromatic heterocycles. The van der Waals surface area contributed by atoms with Gasteiger partial charge in [-0.1, -0.05) is 17.7 Å². The lowest BCUT2D eigenvalue weighted by Gasteiger charge is -2.06. The molecule has 6 heteroatoms. The van der Waals surface area contributed by atoms with Gasteiger partial charge in [0.1, 0.15) is 17.1 Å². The molecular formula is C15H14ClNO4. The highest BCUT2D eigenvalue weighted by Crippen LogP contribution is 2.17. The molecule has 1 heterocycles. The molecule has 0 aliphatic heterocycles. The van der Waals surface area contributed by atoms with Gasteiger partial charge in [-0.3, -0.25) is 4.79 Å². The van der Waals surface area contributed by atoms with Gasteiger partial charge in [0, 0.05) is 10.6 Å². The highest BCUT2D eigenvalue weighted by Gasteiger charge is 2.15. The zero-order valence-electron chi connectivity index (χ0n) is 11.6. The smallest absolute Gasteiger partial charge is 0.339 e. The molecule has 1 amide bonds. The number of hydrogen-bond acceptors (Lipinski definition) is 3. The third kappa shape index (κ3) is 3.44. The van der Waals surface area contributed by atoms with Crippen LogP contribution in [0.1, 0.15) is 37.8 Å². The average molecular weight is 308 g/mol. The molecule has 0 unspecified atom stereocenters. The van der Waals surface area contributed by atoms with E-state index in [9.17, 15) is 9.59 Å². The van der Waals surface area contributed by atoms with Gasteiger partial charge in [-0.15, -0.1) is 0 Å². The minimum Gasteiger partial charge on any atom is -0.478 e. The molecule has 0 spiro atoms. The van der Waals surface area contributed by atoms with E-state index in [2.05, 4.69) is 5.32 Å². The van der Waals surface area contributed by atoms with Gasteiger partial charge in [-0.25, -0.2) is 4.79 Å². The van der Waals surface area contributed by atoms with E-state index in [-0.39, 0.29) is 18.0 Å². The van der Waals surface area contributed by atoms with Gasteiger partial charge >= 0.3 is 5.97 Å². The van der Waals surface area contributed by atoms with Gasteiger partial charge in [0.2, 0.25) is 0 Å². The van der Waals surface area contributed by atoms with Gasteiger partial charge < -0.3 is 14.8 Å². The Morgan fingerprint density at radius 2 is 1.95 bits per heavy atom. The molecule has 5 nitrogen and oxygen atoms in total. The van der Waals surface area contributed by atoms with E-state index in [1.807, 2.05) is 6.92 Å². The van der Waals surface area contributed by atoms with E-state index in [0.717, 1.165) is 5.56 Å². The van der Waals surface area contributed by atoms with E-state index in [0.29, 0.717) is 22.1 Å². The number of nitrogens with one attached hydrogen (secondary N) is 1. The summed E-state index contributed by atoms with van der Waals surface area (Å²) >= 11 is 5.87. The van der Waals surface area contributed by atoms with Crippen LogP contribution < -0.4 is 5.32 Å². The third-order valence-electron chi connectivity index (χ3n) is 3.07. The summed E-state index contributed by atoms with van der Waals surface area (Å²) in [5, 5.41) is 12.1. The minimum atomic E-state index is -1.06. The van der Waals surface area contributed by atoms with Crippen LogP contribution in [0.3, 0.4) is 0 Å². The molecule has 0 atom stereocenters. The summed E-state index contributed by atoms with van der Waals surface area (Å²) in [6.45, 7) is 3.49. The lowest BCUT2D eigenvalue weighted by Crippen LogP contribution is -2.23. The van der Waals surface area contributed by atoms with Crippen molar-refractivity contribution in [2.45, 2.75) is 20.4 Å². The molecule has 110 valence electrons. The van der Waals surface area contributed by atoms with Crippen LogP contribution in [0, 0.1) is 13.8 Å². The molecule has 0 fully saturated rings. The molecule has 0 radical (unpaired) electrons. The van der Waals surface area contributed by atoms with Crippen molar-refractivity contribution in [3.8, 4) is 0 Å². The Morgan fingerprint density at radius 1 is 1.24 bits per heavy atom. The molecule has 2 aromatic rings. The summed E-state index contributed by atoms with van der Waals surface area (Å²) in [5.41, 5.74) is 1.38.